The maximum absolute atomic E-state index is 12.2. The van der Waals surface area contributed by atoms with Gasteiger partial charge in [0.05, 0.1) is 16.1 Å². The lowest BCUT2D eigenvalue weighted by molar-refractivity contribution is 0.601. The molecule has 0 heterocycles. The van der Waals surface area contributed by atoms with Gasteiger partial charge in [-0.1, -0.05) is 22.0 Å². The van der Waals surface area contributed by atoms with Crippen LogP contribution in [0.3, 0.4) is 0 Å². The van der Waals surface area contributed by atoms with E-state index < -0.39 is 10.0 Å². The predicted molar refractivity (Wildman–Crippen MR) is 80.5 cm³/mol. The first-order chi connectivity index (χ1) is 9.42. The van der Waals surface area contributed by atoms with E-state index in [2.05, 4.69) is 20.7 Å². The van der Waals surface area contributed by atoms with Crippen LogP contribution in [-0.4, -0.2) is 8.42 Å². The summed E-state index contributed by atoms with van der Waals surface area (Å²) >= 11 is 3.23. The Kier molecular flexibility index (Phi) is 3.97. The van der Waals surface area contributed by atoms with E-state index in [4.69, 9.17) is 11.0 Å². The molecule has 0 spiro atoms. The maximum Gasteiger partial charge on any atom is 0.262 e. The number of hydrogen-bond donors (Lipinski definition) is 2. The summed E-state index contributed by atoms with van der Waals surface area (Å²) in [5.74, 6) is 0. The lowest BCUT2D eigenvalue weighted by Crippen LogP contribution is -2.14. The second-order valence-electron chi connectivity index (χ2n) is 3.98. The summed E-state index contributed by atoms with van der Waals surface area (Å²) in [5.41, 5.74) is 6.37. The predicted octanol–water partition coefficient (Wildman–Crippen LogP) is 2.70. The van der Waals surface area contributed by atoms with Gasteiger partial charge in [-0.2, -0.15) is 5.26 Å². The summed E-state index contributed by atoms with van der Waals surface area (Å²) in [7, 11) is -3.78. The molecule has 102 valence electrons. The van der Waals surface area contributed by atoms with Crippen LogP contribution in [0.2, 0.25) is 0 Å². The van der Waals surface area contributed by atoms with Crippen molar-refractivity contribution in [1.82, 2.24) is 0 Å². The van der Waals surface area contributed by atoms with Crippen LogP contribution >= 0.6 is 15.9 Å². The molecule has 0 fully saturated rings. The third-order valence-electron chi connectivity index (χ3n) is 2.51. The van der Waals surface area contributed by atoms with Gasteiger partial charge < -0.3 is 5.73 Å². The van der Waals surface area contributed by atoms with E-state index in [1.165, 1.54) is 24.3 Å². The molecule has 20 heavy (non-hydrogen) atoms. The monoisotopic (exact) mass is 351 g/mol. The van der Waals surface area contributed by atoms with Crippen LogP contribution in [-0.2, 0) is 10.0 Å². The van der Waals surface area contributed by atoms with Crippen LogP contribution in [0.25, 0.3) is 0 Å². The van der Waals surface area contributed by atoms with Crippen molar-refractivity contribution in [3.05, 3.63) is 52.5 Å². The van der Waals surface area contributed by atoms with E-state index in [0.717, 1.165) is 0 Å². The topological polar surface area (TPSA) is 96.0 Å². The highest BCUT2D eigenvalue weighted by molar-refractivity contribution is 9.10. The number of hydrogen-bond acceptors (Lipinski definition) is 4. The number of nitrogens with two attached hydrogens (primary N) is 1. The lowest BCUT2D eigenvalue weighted by Gasteiger charge is -2.10. The fourth-order valence-corrected chi connectivity index (χ4v) is 3.08. The number of nitrogen functional groups attached to an aromatic ring is 1. The van der Waals surface area contributed by atoms with Crippen LogP contribution in [0.4, 0.5) is 11.4 Å². The molecule has 0 bridgehead atoms. The molecule has 0 amide bonds. The first-order valence-electron chi connectivity index (χ1n) is 5.50. The molecular formula is C13H10BrN3O2S. The Bertz CT molecular complexity index is 798. The standard InChI is InChI=1S/C13H10BrN3O2S/c14-10-4-5-13(9(6-10)8-15)17-20(18,19)12-3-1-2-11(16)7-12/h1-7,17H,16H2. The normalized spacial score (nSPS) is 10.8. The van der Waals surface area contributed by atoms with Crippen molar-refractivity contribution < 1.29 is 8.42 Å². The molecule has 2 rings (SSSR count). The lowest BCUT2D eigenvalue weighted by atomic mass is 10.2. The molecule has 0 saturated carbocycles. The van der Waals surface area contributed by atoms with E-state index in [1.807, 2.05) is 6.07 Å². The van der Waals surface area contributed by atoms with E-state index in [1.54, 1.807) is 18.2 Å². The van der Waals surface area contributed by atoms with Crippen LogP contribution in [0.5, 0.6) is 0 Å². The number of benzene rings is 2. The van der Waals surface area contributed by atoms with E-state index in [9.17, 15) is 8.42 Å². The highest BCUT2D eigenvalue weighted by Gasteiger charge is 2.16. The Morgan fingerprint density at radius 2 is 1.95 bits per heavy atom. The van der Waals surface area contributed by atoms with Crippen LogP contribution in [0.1, 0.15) is 5.56 Å². The number of nitrogens with one attached hydrogen (secondary N) is 1. The minimum Gasteiger partial charge on any atom is -0.399 e. The molecule has 0 aliphatic rings. The zero-order chi connectivity index (χ0) is 14.8. The van der Waals surface area contributed by atoms with Crippen molar-refractivity contribution >= 4 is 37.3 Å². The molecule has 2 aromatic carbocycles. The fourth-order valence-electron chi connectivity index (χ4n) is 1.58. The number of halogens is 1. The fraction of sp³-hybridized carbons (Fsp3) is 0. The molecular weight excluding hydrogens is 342 g/mol. The van der Waals surface area contributed by atoms with Gasteiger partial charge in [0.1, 0.15) is 6.07 Å². The van der Waals surface area contributed by atoms with Gasteiger partial charge in [-0.25, -0.2) is 8.42 Å². The van der Waals surface area contributed by atoms with Gasteiger partial charge in [-0.15, -0.1) is 0 Å². The summed E-state index contributed by atoms with van der Waals surface area (Å²) in [6.07, 6.45) is 0. The Morgan fingerprint density at radius 1 is 1.20 bits per heavy atom. The maximum atomic E-state index is 12.2. The van der Waals surface area contributed by atoms with Gasteiger partial charge in [0.2, 0.25) is 0 Å². The molecule has 7 heteroatoms. The summed E-state index contributed by atoms with van der Waals surface area (Å²) in [4.78, 5) is 0.0457. The molecule has 2 aromatic rings. The average molecular weight is 352 g/mol. The number of rotatable bonds is 3. The zero-order valence-electron chi connectivity index (χ0n) is 10.2. The molecule has 0 aliphatic carbocycles. The third kappa shape index (κ3) is 3.10. The Labute approximate surface area is 125 Å². The van der Waals surface area contributed by atoms with Gasteiger partial charge in [0.15, 0.2) is 0 Å². The second-order valence-corrected chi connectivity index (χ2v) is 6.58. The van der Waals surface area contributed by atoms with Gasteiger partial charge in [-0.3, -0.25) is 4.72 Å². The Morgan fingerprint density at radius 3 is 2.60 bits per heavy atom. The van der Waals surface area contributed by atoms with Gasteiger partial charge in [0.25, 0.3) is 10.0 Å². The highest BCUT2D eigenvalue weighted by atomic mass is 79.9. The molecule has 0 unspecified atom stereocenters. The SMILES string of the molecule is N#Cc1cc(Br)ccc1NS(=O)(=O)c1cccc(N)c1. The second kappa shape index (κ2) is 5.53. The minimum atomic E-state index is -3.78. The first-order valence-corrected chi connectivity index (χ1v) is 7.78. The molecule has 0 aromatic heterocycles. The molecule has 0 aliphatic heterocycles. The Balaban J connectivity index is 2.42. The first kappa shape index (κ1) is 14.4. The number of anilines is 2. The van der Waals surface area contributed by atoms with Crippen molar-refractivity contribution in [1.29, 1.82) is 5.26 Å². The van der Waals surface area contributed by atoms with Crippen molar-refractivity contribution in [2.75, 3.05) is 10.5 Å². The minimum absolute atomic E-state index is 0.0457. The highest BCUT2D eigenvalue weighted by Crippen LogP contribution is 2.23. The van der Waals surface area contributed by atoms with Gasteiger partial charge in [0, 0.05) is 10.2 Å². The third-order valence-corrected chi connectivity index (χ3v) is 4.37. The largest absolute Gasteiger partial charge is 0.399 e. The van der Waals surface area contributed by atoms with Gasteiger partial charge in [-0.05, 0) is 36.4 Å². The molecule has 5 nitrogen and oxygen atoms in total. The summed E-state index contributed by atoms with van der Waals surface area (Å²) < 4.78 is 27.5. The van der Waals surface area contributed by atoms with E-state index in [-0.39, 0.29) is 16.1 Å². The van der Waals surface area contributed by atoms with E-state index >= 15 is 0 Å². The zero-order valence-corrected chi connectivity index (χ0v) is 12.6. The van der Waals surface area contributed by atoms with Crippen molar-refractivity contribution in [2.24, 2.45) is 0 Å². The van der Waals surface area contributed by atoms with E-state index in [0.29, 0.717) is 10.2 Å². The number of nitriles is 1. The Hall–Kier alpha value is -2.04. The number of nitrogens with zero attached hydrogens (tertiary/aromatic N) is 1. The molecule has 0 atom stereocenters. The van der Waals surface area contributed by atoms with Crippen molar-refractivity contribution in [3.63, 3.8) is 0 Å². The van der Waals surface area contributed by atoms with Gasteiger partial charge >= 0.3 is 0 Å². The van der Waals surface area contributed by atoms with Crippen LogP contribution in [0, 0.1) is 11.3 Å². The molecule has 0 saturated heterocycles. The van der Waals surface area contributed by atoms with Crippen LogP contribution in [0.15, 0.2) is 51.8 Å². The van der Waals surface area contributed by atoms with Crippen LogP contribution < -0.4 is 10.5 Å². The molecule has 0 radical (unpaired) electrons. The average Bonchev–Trinajstić information content (AvgIpc) is 2.40. The quantitative estimate of drug-likeness (QED) is 0.830. The summed E-state index contributed by atoms with van der Waals surface area (Å²) in [6.45, 7) is 0. The van der Waals surface area contributed by atoms with Crippen molar-refractivity contribution in [3.8, 4) is 6.07 Å². The van der Waals surface area contributed by atoms with Crippen molar-refractivity contribution in [2.45, 2.75) is 4.90 Å². The molecule has 3 N–H and O–H groups in total. The summed E-state index contributed by atoms with van der Waals surface area (Å²) in [6, 6.07) is 12.6. The summed E-state index contributed by atoms with van der Waals surface area (Å²) in [5, 5.41) is 9.03. The smallest absolute Gasteiger partial charge is 0.262 e. The number of sulfonamides is 1.